The number of imidazole rings is 1. The number of aliphatic hydroxyl groups is 2. The monoisotopic (exact) mass is 437 g/mol. The molecule has 1 aromatic heterocycles. The lowest BCUT2D eigenvalue weighted by Gasteiger charge is -2.38. The molecule has 4 nitrogen and oxygen atoms in total. The second kappa shape index (κ2) is 9.41. The smallest absolute Gasteiger partial charge is 0.296 e. The van der Waals surface area contributed by atoms with E-state index in [2.05, 4.69) is 0 Å². The highest BCUT2D eigenvalue weighted by atomic mass is 16.4. The Hall–Kier alpha value is -3.73. The van der Waals surface area contributed by atoms with Gasteiger partial charge in [0.05, 0.1) is 14.1 Å². The summed E-state index contributed by atoms with van der Waals surface area (Å²) in [5.41, 5.74) is -1.12. The van der Waals surface area contributed by atoms with Crippen LogP contribution in [0.1, 0.15) is 22.5 Å². The summed E-state index contributed by atoms with van der Waals surface area (Å²) in [6.07, 6.45) is 10.8. The fourth-order valence-electron chi connectivity index (χ4n) is 4.20. The van der Waals surface area contributed by atoms with E-state index in [0.29, 0.717) is 11.4 Å². The lowest BCUT2D eigenvalue weighted by molar-refractivity contribution is -0.686. The molecule has 2 unspecified atom stereocenters. The molecule has 0 saturated carbocycles. The first kappa shape index (κ1) is 22.5. The topological polar surface area (TPSA) is 49.3 Å². The van der Waals surface area contributed by atoms with Crippen LogP contribution in [0, 0.1) is 0 Å². The molecule has 4 rings (SSSR count). The lowest BCUT2D eigenvalue weighted by atomic mass is 9.75. The Kier molecular flexibility index (Phi) is 6.40. The predicted molar refractivity (Wildman–Crippen MR) is 132 cm³/mol. The number of rotatable bonds is 7. The number of aryl methyl sites for hydroxylation is 2. The molecule has 0 fully saturated rings. The first-order valence-electron chi connectivity index (χ1n) is 10.9. The Labute approximate surface area is 195 Å². The zero-order valence-corrected chi connectivity index (χ0v) is 18.9. The fourth-order valence-corrected chi connectivity index (χ4v) is 4.20. The van der Waals surface area contributed by atoms with E-state index in [4.69, 9.17) is 0 Å². The van der Waals surface area contributed by atoms with Crippen LogP contribution in [0.4, 0.5) is 0 Å². The number of hydrogen-bond acceptors (Lipinski definition) is 2. The average molecular weight is 438 g/mol. The molecule has 4 aromatic rings. The van der Waals surface area contributed by atoms with Crippen LogP contribution in [0.15, 0.2) is 116 Å². The maximum Gasteiger partial charge on any atom is 0.296 e. The average Bonchev–Trinajstić information content (AvgIpc) is 3.21. The molecule has 0 radical (unpaired) electrons. The lowest BCUT2D eigenvalue weighted by Crippen LogP contribution is -2.54. The van der Waals surface area contributed by atoms with Gasteiger partial charge in [0.15, 0.2) is 5.60 Å². The number of benzene rings is 3. The number of hydrogen-bond donors (Lipinski definition) is 2. The van der Waals surface area contributed by atoms with Crippen molar-refractivity contribution in [1.29, 1.82) is 0 Å². The SMILES string of the molecule is Cn1cc[n+](C)c1C(O)(/C=C/c1ccccc1)C(O)(/C=C/c1ccccc1)c1ccccc1. The molecular formula is C29H29N2O2+. The summed E-state index contributed by atoms with van der Waals surface area (Å²) in [4.78, 5) is 0. The van der Waals surface area contributed by atoms with Crippen LogP contribution in [-0.2, 0) is 25.3 Å². The molecule has 0 aliphatic carbocycles. The van der Waals surface area contributed by atoms with E-state index >= 15 is 0 Å². The third-order valence-electron chi connectivity index (χ3n) is 5.95. The summed E-state index contributed by atoms with van der Waals surface area (Å²) >= 11 is 0. The predicted octanol–water partition coefficient (Wildman–Crippen LogP) is 4.35. The van der Waals surface area contributed by atoms with Crippen molar-refractivity contribution in [1.82, 2.24) is 4.57 Å². The highest BCUT2D eigenvalue weighted by Gasteiger charge is 2.55. The normalized spacial score (nSPS) is 15.5. The molecule has 2 atom stereocenters. The fraction of sp³-hybridized carbons (Fsp3) is 0.138. The maximum atomic E-state index is 12.4. The Balaban J connectivity index is 1.95. The van der Waals surface area contributed by atoms with Crippen molar-refractivity contribution in [3.8, 4) is 0 Å². The Morgan fingerprint density at radius 1 is 0.697 bits per heavy atom. The van der Waals surface area contributed by atoms with Crippen LogP contribution in [0.2, 0.25) is 0 Å². The summed E-state index contributed by atoms with van der Waals surface area (Å²) in [6.45, 7) is 0. The van der Waals surface area contributed by atoms with Gasteiger partial charge in [0.1, 0.15) is 12.4 Å². The van der Waals surface area contributed by atoms with Gasteiger partial charge >= 0.3 is 0 Å². The molecule has 0 aliphatic heterocycles. The Morgan fingerprint density at radius 2 is 1.15 bits per heavy atom. The quantitative estimate of drug-likeness (QED) is 0.422. The zero-order valence-electron chi connectivity index (χ0n) is 18.9. The molecule has 1 heterocycles. The third-order valence-corrected chi connectivity index (χ3v) is 5.95. The van der Waals surface area contributed by atoms with E-state index in [1.54, 1.807) is 12.2 Å². The Morgan fingerprint density at radius 3 is 1.61 bits per heavy atom. The van der Waals surface area contributed by atoms with Crippen molar-refractivity contribution in [2.24, 2.45) is 14.1 Å². The second-order valence-corrected chi connectivity index (χ2v) is 8.23. The van der Waals surface area contributed by atoms with E-state index in [-0.39, 0.29) is 0 Å². The molecule has 0 amide bonds. The number of nitrogens with zero attached hydrogens (tertiary/aromatic N) is 2. The van der Waals surface area contributed by atoms with Crippen molar-refractivity contribution in [2.75, 3.05) is 0 Å². The van der Waals surface area contributed by atoms with Crippen LogP contribution in [0.5, 0.6) is 0 Å². The molecule has 0 aliphatic rings. The van der Waals surface area contributed by atoms with Gasteiger partial charge in [0, 0.05) is 0 Å². The van der Waals surface area contributed by atoms with E-state index in [0.717, 1.165) is 11.1 Å². The van der Waals surface area contributed by atoms with Gasteiger partial charge in [-0.05, 0) is 28.8 Å². The summed E-state index contributed by atoms with van der Waals surface area (Å²) in [5.74, 6) is 0.541. The van der Waals surface area contributed by atoms with Gasteiger partial charge in [-0.3, -0.25) is 0 Å². The molecule has 2 N–H and O–H groups in total. The van der Waals surface area contributed by atoms with Crippen LogP contribution >= 0.6 is 0 Å². The van der Waals surface area contributed by atoms with Crippen LogP contribution in [-0.4, -0.2) is 14.8 Å². The van der Waals surface area contributed by atoms with Gasteiger partial charge in [0.2, 0.25) is 5.60 Å². The second-order valence-electron chi connectivity index (χ2n) is 8.23. The zero-order chi connectivity index (χ0) is 23.3. The van der Waals surface area contributed by atoms with Gasteiger partial charge in [-0.15, -0.1) is 0 Å². The van der Waals surface area contributed by atoms with Gasteiger partial charge < -0.3 is 10.2 Å². The first-order chi connectivity index (χ1) is 15.9. The summed E-state index contributed by atoms with van der Waals surface area (Å²) in [5, 5.41) is 24.8. The van der Waals surface area contributed by atoms with Crippen molar-refractivity contribution in [2.45, 2.75) is 11.2 Å². The van der Waals surface area contributed by atoms with Crippen LogP contribution < -0.4 is 4.57 Å². The van der Waals surface area contributed by atoms with E-state index in [9.17, 15) is 10.2 Å². The van der Waals surface area contributed by atoms with Crippen molar-refractivity contribution in [3.05, 3.63) is 138 Å². The minimum Gasteiger partial charge on any atom is -0.377 e. The summed E-state index contributed by atoms with van der Waals surface area (Å²) in [7, 11) is 3.73. The van der Waals surface area contributed by atoms with Crippen molar-refractivity contribution < 1.29 is 14.8 Å². The molecular weight excluding hydrogens is 408 g/mol. The van der Waals surface area contributed by atoms with Gasteiger partial charge in [-0.1, -0.05) is 103 Å². The molecule has 0 spiro atoms. The minimum atomic E-state index is -1.79. The van der Waals surface area contributed by atoms with Crippen LogP contribution in [0.3, 0.4) is 0 Å². The molecule has 33 heavy (non-hydrogen) atoms. The van der Waals surface area contributed by atoms with E-state index in [1.807, 2.05) is 139 Å². The van der Waals surface area contributed by atoms with Gasteiger partial charge in [-0.2, -0.15) is 0 Å². The van der Waals surface area contributed by atoms with E-state index < -0.39 is 11.2 Å². The van der Waals surface area contributed by atoms with Gasteiger partial charge in [0.25, 0.3) is 5.82 Å². The standard InChI is InChI=1S/C29H29N2O2/c1-30-22-23-31(2)27(30)29(33,21-19-25-14-8-4-9-15-25)28(32,26-16-10-5-11-17-26)20-18-24-12-6-3-7-13-24/h3-23,32-33H,1-2H3/q+1/b20-18+,21-19+. The molecule has 3 aromatic carbocycles. The van der Waals surface area contributed by atoms with Crippen molar-refractivity contribution in [3.63, 3.8) is 0 Å². The minimum absolute atomic E-state index is 0.541. The van der Waals surface area contributed by atoms with Crippen molar-refractivity contribution >= 4 is 12.2 Å². The Bertz CT molecular complexity index is 1230. The highest BCUT2D eigenvalue weighted by molar-refractivity contribution is 5.56. The third kappa shape index (κ3) is 4.44. The molecule has 0 saturated heterocycles. The van der Waals surface area contributed by atoms with E-state index in [1.165, 1.54) is 0 Å². The van der Waals surface area contributed by atoms with Gasteiger partial charge in [-0.25, -0.2) is 9.13 Å². The molecule has 0 bridgehead atoms. The highest BCUT2D eigenvalue weighted by Crippen LogP contribution is 2.43. The molecule has 166 valence electrons. The largest absolute Gasteiger partial charge is 0.377 e. The first-order valence-corrected chi connectivity index (χ1v) is 10.9. The summed E-state index contributed by atoms with van der Waals surface area (Å²) < 4.78 is 3.67. The maximum absolute atomic E-state index is 12.4. The molecule has 4 heteroatoms. The number of aromatic nitrogens is 2. The van der Waals surface area contributed by atoms with Crippen LogP contribution in [0.25, 0.3) is 12.2 Å². The summed E-state index contributed by atoms with van der Waals surface area (Å²) in [6, 6.07) is 28.8.